The zero-order valence-corrected chi connectivity index (χ0v) is 15.9. The largest absolute Gasteiger partial charge is 0.488 e. The van der Waals surface area contributed by atoms with E-state index in [1.165, 1.54) is 0 Å². The van der Waals surface area contributed by atoms with Crippen molar-refractivity contribution in [1.29, 1.82) is 0 Å². The van der Waals surface area contributed by atoms with Gasteiger partial charge in [-0.1, -0.05) is 0 Å². The van der Waals surface area contributed by atoms with Crippen molar-refractivity contribution in [3.63, 3.8) is 0 Å². The van der Waals surface area contributed by atoms with Crippen molar-refractivity contribution in [3.05, 3.63) is 20.4 Å². The number of rotatable bonds is 10. The fraction of sp³-hybridized carbons (Fsp3) is 0.733. The van der Waals surface area contributed by atoms with Crippen LogP contribution in [0.1, 0.15) is 13.3 Å². The first-order valence-electron chi connectivity index (χ1n) is 8.62. The minimum absolute atomic E-state index is 0.0236. The molecule has 1 fully saturated rings. The van der Waals surface area contributed by atoms with Crippen molar-refractivity contribution in [3.8, 4) is 5.75 Å². The van der Waals surface area contributed by atoms with Crippen LogP contribution in [0.15, 0.2) is 9.59 Å². The minimum atomic E-state index is -4.33. The molecule has 5 atom stereocenters. The van der Waals surface area contributed by atoms with Crippen molar-refractivity contribution >= 4 is 13.3 Å². The molecule has 2 rings (SSSR count). The third-order valence-electron chi connectivity index (χ3n) is 4.21. The van der Waals surface area contributed by atoms with Crippen LogP contribution in [-0.2, 0) is 14.0 Å². The summed E-state index contributed by atoms with van der Waals surface area (Å²) < 4.78 is 26.6. The zero-order chi connectivity index (χ0) is 21.1. The lowest BCUT2D eigenvalue weighted by Gasteiger charge is -2.40. The molecular formula is C15H24NO11P. The Kier molecular flexibility index (Phi) is 7.71. The number of ether oxygens (including phenoxy) is 3. The summed E-state index contributed by atoms with van der Waals surface area (Å²) in [6, 6.07) is 0. The summed E-state index contributed by atoms with van der Waals surface area (Å²) in [4.78, 5) is 40.7. The Bertz CT molecular complexity index is 770. The Morgan fingerprint density at radius 1 is 1.11 bits per heavy atom. The maximum absolute atomic E-state index is 11.5. The summed E-state index contributed by atoms with van der Waals surface area (Å²) in [7, 11) is -4.33. The number of anilines is 1. The molecule has 1 saturated heterocycles. The van der Waals surface area contributed by atoms with Gasteiger partial charge in [0.15, 0.2) is 12.0 Å². The van der Waals surface area contributed by atoms with Gasteiger partial charge in [-0.25, -0.2) is 0 Å². The molecule has 0 aliphatic carbocycles. The summed E-state index contributed by atoms with van der Waals surface area (Å²) in [6.45, 7) is 1.81. The molecule has 0 bridgehead atoms. The van der Waals surface area contributed by atoms with Crippen molar-refractivity contribution < 1.29 is 43.9 Å². The van der Waals surface area contributed by atoms with E-state index in [1.54, 1.807) is 6.92 Å². The van der Waals surface area contributed by atoms with Crippen molar-refractivity contribution in [2.75, 3.05) is 31.2 Å². The summed E-state index contributed by atoms with van der Waals surface area (Å²) in [6.07, 6.45) is -8.11. The van der Waals surface area contributed by atoms with E-state index in [0.29, 0.717) is 0 Å². The SMILES string of the molecule is CCOc1c(NCCO[C@H]2OC(CCP(=O)(O)O)[C@@H](O)C(O)C2O)c(=O)c1=O. The van der Waals surface area contributed by atoms with E-state index in [1.807, 2.05) is 0 Å². The van der Waals surface area contributed by atoms with Gasteiger partial charge in [0.1, 0.15) is 24.0 Å². The van der Waals surface area contributed by atoms with E-state index in [0.717, 1.165) is 0 Å². The van der Waals surface area contributed by atoms with Gasteiger partial charge in [0.05, 0.1) is 25.5 Å². The topological polar surface area (TPSA) is 192 Å². The van der Waals surface area contributed by atoms with Crippen LogP contribution in [0, 0.1) is 0 Å². The maximum Gasteiger partial charge on any atom is 0.325 e. The Hall–Kier alpha value is -1.37. The van der Waals surface area contributed by atoms with Crippen LogP contribution in [0.4, 0.5) is 5.69 Å². The number of nitrogens with one attached hydrogen (secondary N) is 1. The van der Waals surface area contributed by atoms with Gasteiger partial charge in [0.25, 0.3) is 10.9 Å². The standard InChI is InChI=1S/C15H24NO11P/c1-2-25-14-8(10(18)12(14)20)16-4-5-26-15-13(21)11(19)9(17)7(27-15)3-6-28(22,23)24/h7,9,11,13,15-17,19,21H,2-6H2,1H3,(H2,22,23,24)/t7?,9-,11?,13?,15+/m1/s1. The van der Waals surface area contributed by atoms with E-state index < -0.39 is 55.3 Å². The number of aliphatic hydroxyl groups excluding tert-OH is 3. The molecule has 160 valence electrons. The second-order valence-electron chi connectivity index (χ2n) is 6.28. The molecule has 0 amide bonds. The Morgan fingerprint density at radius 2 is 1.79 bits per heavy atom. The molecule has 0 saturated carbocycles. The third-order valence-corrected chi connectivity index (χ3v) is 5.06. The van der Waals surface area contributed by atoms with Crippen LogP contribution in [0.2, 0.25) is 0 Å². The first-order valence-corrected chi connectivity index (χ1v) is 10.4. The van der Waals surface area contributed by atoms with Crippen LogP contribution in [0.3, 0.4) is 0 Å². The molecule has 1 aliphatic heterocycles. The van der Waals surface area contributed by atoms with Crippen molar-refractivity contribution in [1.82, 2.24) is 0 Å². The van der Waals surface area contributed by atoms with Gasteiger partial charge >= 0.3 is 7.60 Å². The average Bonchev–Trinajstić information content (AvgIpc) is 2.64. The highest BCUT2D eigenvalue weighted by molar-refractivity contribution is 7.51. The summed E-state index contributed by atoms with van der Waals surface area (Å²) in [5.74, 6) is -0.0579. The van der Waals surface area contributed by atoms with Crippen LogP contribution in [-0.4, -0.2) is 81.7 Å². The first kappa shape index (κ1) is 22.9. The van der Waals surface area contributed by atoms with Gasteiger partial charge < -0.3 is 44.6 Å². The molecule has 0 spiro atoms. The van der Waals surface area contributed by atoms with E-state index in [4.69, 9.17) is 24.0 Å². The lowest BCUT2D eigenvalue weighted by atomic mass is 9.97. The van der Waals surface area contributed by atoms with E-state index in [2.05, 4.69) is 5.32 Å². The molecule has 1 aromatic carbocycles. The lowest BCUT2D eigenvalue weighted by Crippen LogP contribution is -2.58. The predicted molar refractivity (Wildman–Crippen MR) is 95.2 cm³/mol. The first-order chi connectivity index (χ1) is 13.1. The fourth-order valence-electron chi connectivity index (χ4n) is 2.75. The van der Waals surface area contributed by atoms with Gasteiger partial charge in [-0.3, -0.25) is 14.2 Å². The Balaban J connectivity index is 1.87. The summed E-state index contributed by atoms with van der Waals surface area (Å²) in [5.41, 5.74) is -1.41. The highest BCUT2D eigenvalue weighted by atomic mass is 31.2. The molecule has 0 radical (unpaired) electrons. The van der Waals surface area contributed by atoms with Crippen LogP contribution in [0.25, 0.3) is 0 Å². The van der Waals surface area contributed by atoms with Gasteiger partial charge in [-0.15, -0.1) is 0 Å². The second kappa shape index (κ2) is 9.42. The summed E-state index contributed by atoms with van der Waals surface area (Å²) in [5, 5.41) is 32.4. The van der Waals surface area contributed by atoms with Gasteiger partial charge in [0.2, 0.25) is 0 Å². The Labute approximate surface area is 159 Å². The molecular weight excluding hydrogens is 401 g/mol. The van der Waals surface area contributed by atoms with Gasteiger partial charge in [-0.2, -0.15) is 0 Å². The Morgan fingerprint density at radius 3 is 2.39 bits per heavy atom. The minimum Gasteiger partial charge on any atom is -0.488 e. The quantitative estimate of drug-likeness (QED) is 0.131. The molecule has 0 aromatic heterocycles. The van der Waals surface area contributed by atoms with Gasteiger partial charge in [0, 0.05) is 6.54 Å². The van der Waals surface area contributed by atoms with Crippen molar-refractivity contribution in [2.24, 2.45) is 0 Å². The molecule has 1 aliphatic rings. The molecule has 28 heavy (non-hydrogen) atoms. The number of hydrogen-bond donors (Lipinski definition) is 6. The normalized spacial score (nSPS) is 28.4. The molecule has 13 heteroatoms. The lowest BCUT2D eigenvalue weighted by molar-refractivity contribution is -0.295. The zero-order valence-electron chi connectivity index (χ0n) is 15.1. The van der Waals surface area contributed by atoms with E-state index in [9.17, 15) is 29.5 Å². The van der Waals surface area contributed by atoms with Crippen LogP contribution in [0.5, 0.6) is 5.75 Å². The average molecular weight is 425 g/mol. The van der Waals surface area contributed by atoms with Crippen molar-refractivity contribution in [2.45, 2.75) is 44.1 Å². The molecule has 3 unspecified atom stereocenters. The van der Waals surface area contributed by atoms with E-state index in [-0.39, 0.29) is 37.6 Å². The third kappa shape index (κ3) is 5.37. The molecule has 1 heterocycles. The number of aliphatic hydroxyl groups is 3. The number of hydrogen-bond acceptors (Lipinski definition) is 10. The van der Waals surface area contributed by atoms with Crippen LogP contribution >= 0.6 is 7.60 Å². The highest BCUT2D eigenvalue weighted by Gasteiger charge is 2.44. The van der Waals surface area contributed by atoms with Crippen LogP contribution < -0.4 is 20.9 Å². The molecule has 12 nitrogen and oxygen atoms in total. The fourth-order valence-corrected chi connectivity index (χ4v) is 3.34. The predicted octanol–water partition coefficient (Wildman–Crippen LogP) is -2.51. The van der Waals surface area contributed by atoms with E-state index >= 15 is 0 Å². The van der Waals surface area contributed by atoms with Gasteiger partial charge in [-0.05, 0) is 13.3 Å². The molecule has 6 N–H and O–H groups in total. The maximum atomic E-state index is 11.5. The summed E-state index contributed by atoms with van der Waals surface area (Å²) >= 11 is 0. The molecule has 1 aromatic rings. The monoisotopic (exact) mass is 425 g/mol. The second-order valence-corrected chi connectivity index (χ2v) is 8.06. The smallest absolute Gasteiger partial charge is 0.325 e. The highest BCUT2D eigenvalue weighted by Crippen LogP contribution is 2.37.